The molecule has 2 amide bonds. The summed E-state index contributed by atoms with van der Waals surface area (Å²) in [4.78, 5) is 28.5. The Bertz CT molecular complexity index is 1540. The number of aromatic nitrogens is 3. The summed E-state index contributed by atoms with van der Waals surface area (Å²) >= 11 is 0. The first-order valence-corrected chi connectivity index (χ1v) is 15.1. The summed E-state index contributed by atoms with van der Waals surface area (Å²) in [5.41, 5.74) is 3.46. The number of hydrogen-bond donors (Lipinski definition) is 3. The summed E-state index contributed by atoms with van der Waals surface area (Å²) in [7, 11) is 0. The number of allylic oxidation sites excluding steroid dienone is 4. The molecular weight excluding hydrogens is 554 g/mol. The SMILES string of the molecule is CC(C)=CCC/C(C)=C/CN1C(=O)[C@@](O)([C@@H](C)/C=C/CCn2cc(CCO)nn2)c2cc(NC(=O)c3ccccc3)ccc21. The normalized spacial score (nSPS) is 17.2. The Morgan fingerprint density at radius 1 is 1.09 bits per heavy atom. The minimum atomic E-state index is -1.81. The van der Waals surface area contributed by atoms with E-state index in [1.54, 1.807) is 58.2 Å². The fraction of sp³-hybridized carbons (Fsp3) is 0.371. The topological polar surface area (TPSA) is 121 Å². The molecule has 0 spiro atoms. The number of nitrogens with zero attached hydrogens (tertiary/aromatic N) is 4. The maximum absolute atomic E-state index is 14.0. The summed E-state index contributed by atoms with van der Waals surface area (Å²) in [6.07, 6.45) is 12.7. The van der Waals surface area contributed by atoms with Crippen LogP contribution in [0.1, 0.15) is 68.6 Å². The zero-order chi connectivity index (χ0) is 31.7. The summed E-state index contributed by atoms with van der Waals surface area (Å²) in [5.74, 6) is -1.22. The quantitative estimate of drug-likeness (QED) is 0.209. The van der Waals surface area contributed by atoms with Crippen LogP contribution in [0, 0.1) is 5.92 Å². The molecule has 0 fully saturated rings. The van der Waals surface area contributed by atoms with Gasteiger partial charge in [0, 0.05) is 55.0 Å². The summed E-state index contributed by atoms with van der Waals surface area (Å²) < 4.78 is 1.71. The minimum Gasteiger partial charge on any atom is -0.396 e. The number of nitrogens with one attached hydrogen (secondary N) is 1. The molecule has 0 bridgehead atoms. The number of anilines is 2. The Labute approximate surface area is 259 Å². The van der Waals surface area contributed by atoms with Gasteiger partial charge in [0.25, 0.3) is 11.8 Å². The van der Waals surface area contributed by atoms with E-state index in [0.29, 0.717) is 48.4 Å². The van der Waals surface area contributed by atoms with Crippen molar-refractivity contribution in [3.05, 3.63) is 107 Å². The van der Waals surface area contributed by atoms with Crippen molar-refractivity contribution in [3.63, 3.8) is 0 Å². The Morgan fingerprint density at radius 2 is 1.86 bits per heavy atom. The third-order valence-corrected chi connectivity index (χ3v) is 7.84. The van der Waals surface area contributed by atoms with Crippen LogP contribution in [0.15, 0.2) is 90.2 Å². The molecule has 0 unspecified atom stereocenters. The summed E-state index contributed by atoms with van der Waals surface area (Å²) in [6, 6.07) is 14.2. The van der Waals surface area contributed by atoms with Crippen LogP contribution < -0.4 is 10.2 Å². The van der Waals surface area contributed by atoms with E-state index in [1.807, 2.05) is 31.2 Å². The van der Waals surface area contributed by atoms with Gasteiger partial charge in [0.15, 0.2) is 5.60 Å². The number of carbonyl (C=O) groups excluding carboxylic acids is 2. The standard InChI is InChI=1S/C35H43N5O4/c1-25(2)11-10-12-26(3)18-21-40-32-17-16-29(36-33(42)28-14-6-5-7-15-28)23-31(32)35(44,34(40)43)27(4)13-8-9-20-39-24-30(19-22-41)37-38-39/h5-8,11,13-18,23-24,27,41,44H,9-10,12,19-22H2,1-4H3,(H,36,42)/b13-8+,26-18+/t27-,35+/m0/s1. The number of carbonyl (C=O) groups is 2. The van der Waals surface area contributed by atoms with E-state index in [2.05, 4.69) is 42.5 Å². The van der Waals surface area contributed by atoms with E-state index >= 15 is 0 Å². The molecule has 0 aliphatic carbocycles. The molecule has 2 heterocycles. The smallest absolute Gasteiger partial charge is 0.264 e. The Kier molecular flexibility index (Phi) is 11.0. The number of aryl methyl sites for hydroxylation is 1. The molecule has 4 rings (SSSR count). The maximum Gasteiger partial charge on any atom is 0.264 e. The Morgan fingerprint density at radius 3 is 2.59 bits per heavy atom. The fourth-order valence-electron chi connectivity index (χ4n) is 5.26. The number of amides is 2. The molecular formula is C35H43N5O4. The number of fused-ring (bicyclic) bond motifs is 1. The van der Waals surface area contributed by atoms with Crippen LogP contribution in [0.2, 0.25) is 0 Å². The first kappa shape index (κ1) is 32.6. The maximum atomic E-state index is 14.0. The molecule has 0 saturated heterocycles. The predicted molar refractivity (Wildman–Crippen MR) is 173 cm³/mol. The largest absolute Gasteiger partial charge is 0.396 e. The predicted octanol–water partition coefficient (Wildman–Crippen LogP) is 5.57. The highest BCUT2D eigenvalue weighted by molar-refractivity contribution is 6.09. The molecule has 1 aliphatic heterocycles. The lowest BCUT2D eigenvalue weighted by molar-refractivity contribution is -0.139. The monoisotopic (exact) mass is 597 g/mol. The molecule has 0 radical (unpaired) electrons. The second-order valence-electron chi connectivity index (χ2n) is 11.6. The van der Waals surface area contributed by atoms with Crippen molar-refractivity contribution < 1.29 is 19.8 Å². The van der Waals surface area contributed by atoms with Gasteiger partial charge in [0.05, 0.1) is 11.4 Å². The molecule has 9 heteroatoms. The van der Waals surface area contributed by atoms with E-state index in [0.717, 1.165) is 18.5 Å². The van der Waals surface area contributed by atoms with Gasteiger partial charge in [-0.15, -0.1) is 5.10 Å². The first-order valence-electron chi connectivity index (χ1n) is 15.1. The number of aliphatic hydroxyl groups excluding tert-OH is 1. The van der Waals surface area contributed by atoms with Crippen molar-refractivity contribution >= 4 is 23.2 Å². The van der Waals surface area contributed by atoms with E-state index in [9.17, 15) is 14.7 Å². The van der Waals surface area contributed by atoms with Crippen LogP contribution in [0.4, 0.5) is 11.4 Å². The second kappa shape index (κ2) is 14.9. The number of rotatable bonds is 14. The van der Waals surface area contributed by atoms with Crippen LogP contribution in [0.25, 0.3) is 0 Å². The zero-order valence-electron chi connectivity index (χ0n) is 26.0. The van der Waals surface area contributed by atoms with E-state index in [1.165, 1.54) is 11.1 Å². The van der Waals surface area contributed by atoms with Gasteiger partial charge in [-0.1, -0.05) is 65.8 Å². The molecule has 44 heavy (non-hydrogen) atoms. The average molecular weight is 598 g/mol. The van der Waals surface area contributed by atoms with Crippen molar-refractivity contribution in [2.24, 2.45) is 5.92 Å². The molecule has 2 atom stereocenters. The van der Waals surface area contributed by atoms with Gasteiger partial charge < -0.3 is 20.4 Å². The van der Waals surface area contributed by atoms with Crippen molar-refractivity contribution in [2.75, 3.05) is 23.4 Å². The Balaban J connectivity index is 1.57. The molecule has 3 aromatic rings. The zero-order valence-corrected chi connectivity index (χ0v) is 26.0. The van der Waals surface area contributed by atoms with Gasteiger partial charge in [-0.25, -0.2) is 0 Å². The van der Waals surface area contributed by atoms with E-state index in [-0.39, 0.29) is 12.5 Å². The van der Waals surface area contributed by atoms with Gasteiger partial charge in [-0.05, 0) is 70.4 Å². The third kappa shape index (κ3) is 7.78. The molecule has 2 aromatic carbocycles. The Hall–Kier alpha value is -4.34. The lowest BCUT2D eigenvalue weighted by Gasteiger charge is -2.27. The van der Waals surface area contributed by atoms with Crippen molar-refractivity contribution in [1.82, 2.24) is 15.0 Å². The van der Waals surface area contributed by atoms with Gasteiger partial charge >= 0.3 is 0 Å². The fourth-order valence-corrected chi connectivity index (χ4v) is 5.26. The van der Waals surface area contributed by atoms with Crippen LogP contribution in [-0.2, 0) is 23.4 Å². The number of aliphatic hydroxyl groups is 2. The molecule has 232 valence electrons. The first-order chi connectivity index (χ1) is 21.1. The van der Waals surface area contributed by atoms with Gasteiger partial charge in [0.1, 0.15) is 0 Å². The van der Waals surface area contributed by atoms with Crippen molar-refractivity contribution in [1.29, 1.82) is 0 Å². The molecule has 1 aliphatic rings. The average Bonchev–Trinajstić information content (AvgIpc) is 3.54. The highest BCUT2D eigenvalue weighted by Crippen LogP contribution is 2.46. The molecule has 0 saturated carbocycles. The molecule has 1 aromatic heterocycles. The minimum absolute atomic E-state index is 0.0180. The highest BCUT2D eigenvalue weighted by Gasteiger charge is 2.52. The lowest BCUT2D eigenvalue weighted by atomic mass is 9.82. The van der Waals surface area contributed by atoms with Crippen molar-refractivity contribution in [3.8, 4) is 0 Å². The number of hydrogen-bond acceptors (Lipinski definition) is 6. The third-order valence-electron chi connectivity index (χ3n) is 7.84. The highest BCUT2D eigenvalue weighted by atomic mass is 16.3. The summed E-state index contributed by atoms with van der Waals surface area (Å²) in [5, 5.41) is 32.3. The van der Waals surface area contributed by atoms with Gasteiger partial charge in [-0.3, -0.25) is 14.3 Å². The summed E-state index contributed by atoms with van der Waals surface area (Å²) in [6.45, 7) is 8.97. The van der Waals surface area contributed by atoms with E-state index < -0.39 is 17.4 Å². The van der Waals surface area contributed by atoms with Crippen LogP contribution in [0.5, 0.6) is 0 Å². The number of benzene rings is 2. The van der Waals surface area contributed by atoms with Gasteiger partial charge in [-0.2, -0.15) is 0 Å². The van der Waals surface area contributed by atoms with Crippen LogP contribution >= 0.6 is 0 Å². The van der Waals surface area contributed by atoms with Gasteiger partial charge in [0.2, 0.25) is 0 Å². The van der Waals surface area contributed by atoms with Crippen LogP contribution in [-0.4, -0.2) is 50.2 Å². The molecule has 3 N–H and O–H groups in total. The molecule has 9 nitrogen and oxygen atoms in total. The van der Waals surface area contributed by atoms with Crippen LogP contribution in [0.3, 0.4) is 0 Å². The van der Waals surface area contributed by atoms with E-state index in [4.69, 9.17) is 5.11 Å². The lowest BCUT2D eigenvalue weighted by Crippen LogP contribution is -2.44. The van der Waals surface area contributed by atoms with Crippen molar-refractivity contribution in [2.45, 2.75) is 65.5 Å². The second-order valence-corrected chi connectivity index (χ2v) is 11.6.